The number of aromatic nitrogens is 2. The number of nitrogens with zero attached hydrogens (tertiary/aromatic N) is 3. The fraction of sp³-hybridized carbons (Fsp3) is 0.500. The Bertz CT molecular complexity index is 622. The van der Waals surface area contributed by atoms with Gasteiger partial charge in [-0.15, -0.1) is 0 Å². The van der Waals surface area contributed by atoms with Crippen LogP contribution in [0.15, 0.2) is 27.8 Å². The van der Waals surface area contributed by atoms with E-state index in [1.807, 2.05) is 24.8 Å². The molecule has 0 N–H and O–H groups in total. The number of furan rings is 1. The van der Waals surface area contributed by atoms with Crippen LogP contribution in [-0.2, 0) is 33.6 Å². The highest BCUT2D eigenvalue weighted by Crippen LogP contribution is 2.18. The zero-order valence-corrected chi connectivity index (χ0v) is 11.4. The van der Waals surface area contributed by atoms with Crippen LogP contribution in [0.4, 0.5) is 0 Å². The van der Waals surface area contributed by atoms with Gasteiger partial charge in [0.05, 0.1) is 18.1 Å². The zero-order chi connectivity index (χ0) is 13.4. The Labute approximate surface area is 112 Å². The van der Waals surface area contributed by atoms with E-state index in [0.29, 0.717) is 0 Å². The molecule has 3 heterocycles. The summed E-state index contributed by atoms with van der Waals surface area (Å²) in [5.74, 6) is 0. The molecule has 5 heteroatoms. The molecule has 0 spiro atoms. The molecule has 0 aliphatic carbocycles. The van der Waals surface area contributed by atoms with Gasteiger partial charge in [-0.2, -0.15) is 0 Å². The van der Waals surface area contributed by atoms with Crippen LogP contribution in [0.5, 0.6) is 0 Å². The van der Waals surface area contributed by atoms with Gasteiger partial charge in [0.1, 0.15) is 0 Å². The molecule has 0 radical (unpaired) electrons. The molecule has 0 fully saturated rings. The van der Waals surface area contributed by atoms with E-state index < -0.39 is 0 Å². The lowest BCUT2D eigenvalue weighted by molar-refractivity contribution is 0.259. The Balaban J connectivity index is 1.88. The first kappa shape index (κ1) is 12.3. The fourth-order valence-corrected chi connectivity index (χ4v) is 2.85. The van der Waals surface area contributed by atoms with Gasteiger partial charge in [-0.05, 0) is 25.5 Å². The molecular weight excluding hydrogens is 242 g/mol. The normalized spacial score (nSPS) is 16.3. The van der Waals surface area contributed by atoms with Crippen molar-refractivity contribution in [2.24, 2.45) is 14.1 Å². The average Bonchev–Trinajstić information content (AvgIpc) is 2.89. The van der Waals surface area contributed by atoms with Crippen LogP contribution in [0.1, 0.15) is 23.2 Å². The Morgan fingerprint density at radius 3 is 2.89 bits per heavy atom. The van der Waals surface area contributed by atoms with Crippen molar-refractivity contribution >= 4 is 0 Å². The predicted octanol–water partition coefficient (Wildman–Crippen LogP) is 1.27. The quantitative estimate of drug-likeness (QED) is 0.817. The summed E-state index contributed by atoms with van der Waals surface area (Å²) in [6, 6.07) is 1.98. The molecule has 2 aromatic rings. The van der Waals surface area contributed by atoms with Gasteiger partial charge in [-0.3, -0.25) is 19.1 Å². The third-order valence-electron chi connectivity index (χ3n) is 4.00. The van der Waals surface area contributed by atoms with Gasteiger partial charge in [0.25, 0.3) is 5.56 Å². The maximum atomic E-state index is 12.2. The Kier molecular flexibility index (Phi) is 3.06. The standard InChI is InChI=1S/C14H19N3O2/c1-15-13-4-3-6-17(8-11-5-7-19-10-11)9-12(13)14(18)16(15)2/h5,7,10H,3-4,6,8-9H2,1-2H3. The van der Waals surface area contributed by atoms with E-state index in [0.717, 1.165) is 43.6 Å². The second kappa shape index (κ2) is 4.74. The van der Waals surface area contributed by atoms with Crippen LogP contribution in [-0.4, -0.2) is 20.8 Å². The van der Waals surface area contributed by atoms with Crippen molar-refractivity contribution in [1.82, 2.24) is 14.3 Å². The van der Waals surface area contributed by atoms with Crippen molar-refractivity contribution in [1.29, 1.82) is 0 Å². The maximum absolute atomic E-state index is 12.2. The summed E-state index contributed by atoms with van der Waals surface area (Å²) >= 11 is 0. The molecule has 102 valence electrons. The summed E-state index contributed by atoms with van der Waals surface area (Å²) in [7, 11) is 3.79. The smallest absolute Gasteiger partial charge is 0.271 e. The van der Waals surface area contributed by atoms with Crippen LogP contribution in [0.3, 0.4) is 0 Å². The summed E-state index contributed by atoms with van der Waals surface area (Å²) in [4.78, 5) is 14.5. The van der Waals surface area contributed by atoms with Crippen LogP contribution in [0, 0.1) is 0 Å². The largest absolute Gasteiger partial charge is 0.472 e. The lowest BCUT2D eigenvalue weighted by Crippen LogP contribution is -2.27. The van der Waals surface area contributed by atoms with E-state index in [9.17, 15) is 4.79 Å². The molecule has 1 aliphatic heterocycles. The van der Waals surface area contributed by atoms with E-state index >= 15 is 0 Å². The minimum Gasteiger partial charge on any atom is -0.472 e. The van der Waals surface area contributed by atoms with Gasteiger partial charge in [0, 0.05) is 38.4 Å². The van der Waals surface area contributed by atoms with Gasteiger partial charge in [-0.1, -0.05) is 0 Å². The monoisotopic (exact) mass is 261 g/mol. The van der Waals surface area contributed by atoms with Gasteiger partial charge >= 0.3 is 0 Å². The number of hydrogen-bond acceptors (Lipinski definition) is 3. The second-order valence-corrected chi connectivity index (χ2v) is 5.22. The minimum atomic E-state index is 0.136. The molecule has 0 saturated heterocycles. The Morgan fingerprint density at radius 2 is 2.16 bits per heavy atom. The van der Waals surface area contributed by atoms with Gasteiger partial charge in [-0.25, -0.2) is 0 Å². The molecule has 3 rings (SSSR count). The molecule has 0 bridgehead atoms. The SMILES string of the molecule is Cn1c2c(c(=O)n1C)CN(Cc1ccoc1)CCC2. The maximum Gasteiger partial charge on any atom is 0.271 e. The zero-order valence-electron chi connectivity index (χ0n) is 11.4. The highest BCUT2D eigenvalue weighted by Gasteiger charge is 2.22. The summed E-state index contributed by atoms with van der Waals surface area (Å²) in [6.07, 6.45) is 5.53. The van der Waals surface area contributed by atoms with E-state index in [1.165, 1.54) is 5.69 Å². The van der Waals surface area contributed by atoms with Crippen molar-refractivity contribution < 1.29 is 4.42 Å². The lowest BCUT2D eigenvalue weighted by atomic mass is 10.2. The second-order valence-electron chi connectivity index (χ2n) is 5.22. The van der Waals surface area contributed by atoms with Gasteiger partial charge in [0.2, 0.25) is 0 Å². The van der Waals surface area contributed by atoms with E-state index in [2.05, 4.69) is 4.90 Å². The topological polar surface area (TPSA) is 43.3 Å². The third kappa shape index (κ3) is 2.14. The molecule has 5 nitrogen and oxygen atoms in total. The molecule has 1 aliphatic rings. The third-order valence-corrected chi connectivity index (χ3v) is 4.00. The Morgan fingerprint density at radius 1 is 1.32 bits per heavy atom. The highest BCUT2D eigenvalue weighted by molar-refractivity contribution is 5.20. The summed E-state index contributed by atoms with van der Waals surface area (Å²) < 4.78 is 8.79. The minimum absolute atomic E-state index is 0.136. The van der Waals surface area contributed by atoms with Crippen molar-refractivity contribution in [2.75, 3.05) is 6.54 Å². The summed E-state index contributed by atoms with van der Waals surface area (Å²) in [5, 5.41) is 0. The van der Waals surface area contributed by atoms with E-state index in [1.54, 1.807) is 17.2 Å². The number of hydrogen-bond donors (Lipinski definition) is 0. The first-order chi connectivity index (χ1) is 9.16. The molecule has 0 amide bonds. The van der Waals surface area contributed by atoms with Crippen LogP contribution in [0.2, 0.25) is 0 Å². The van der Waals surface area contributed by atoms with Crippen LogP contribution < -0.4 is 5.56 Å². The van der Waals surface area contributed by atoms with Crippen LogP contribution >= 0.6 is 0 Å². The molecule has 0 aromatic carbocycles. The van der Waals surface area contributed by atoms with Crippen molar-refractivity contribution in [3.8, 4) is 0 Å². The molecule has 19 heavy (non-hydrogen) atoms. The van der Waals surface area contributed by atoms with Crippen LogP contribution in [0.25, 0.3) is 0 Å². The van der Waals surface area contributed by atoms with Crippen molar-refractivity contribution in [3.63, 3.8) is 0 Å². The lowest BCUT2D eigenvalue weighted by Gasteiger charge is -2.18. The first-order valence-corrected chi connectivity index (χ1v) is 6.64. The molecule has 0 unspecified atom stereocenters. The molecule has 2 aromatic heterocycles. The number of fused-ring (bicyclic) bond motifs is 1. The first-order valence-electron chi connectivity index (χ1n) is 6.64. The summed E-state index contributed by atoms with van der Waals surface area (Å²) in [6.45, 7) is 2.59. The molecule has 0 saturated carbocycles. The molecule has 0 atom stereocenters. The van der Waals surface area contributed by atoms with E-state index in [-0.39, 0.29) is 5.56 Å². The Hall–Kier alpha value is -1.75. The number of rotatable bonds is 2. The predicted molar refractivity (Wildman–Crippen MR) is 71.8 cm³/mol. The van der Waals surface area contributed by atoms with Gasteiger partial charge in [0.15, 0.2) is 0 Å². The van der Waals surface area contributed by atoms with E-state index in [4.69, 9.17) is 4.42 Å². The fourth-order valence-electron chi connectivity index (χ4n) is 2.85. The highest BCUT2D eigenvalue weighted by atomic mass is 16.3. The average molecular weight is 261 g/mol. The van der Waals surface area contributed by atoms with Gasteiger partial charge < -0.3 is 4.42 Å². The summed E-state index contributed by atoms with van der Waals surface area (Å²) in [5.41, 5.74) is 3.43. The molecular formula is C14H19N3O2. The van der Waals surface area contributed by atoms with Crippen molar-refractivity contribution in [3.05, 3.63) is 45.8 Å². The van der Waals surface area contributed by atoms with Crippen molar-refractivity contribution in [2.45, 2.75) is 25.9 Å².